The molecule has 3 nitrogen and oxygen atoms in total. The van der Waals surface area contributed by atoms with Gasteiger partial charge in [0.1, 0.15) is 0 Å². The fourth-order valence-electron chi connectivity index (χ4n) is 1.06. The molecule has 0 aliphatic rings. The van der Waals surface area contributed by atoms with Gasteiger partial charge < -0.3 is 14.8 Å². The molecule has 0 amide bonds. The SMILES string of the molecule is C[C@@H](O)[C@@H](CO)n1cccc1. The van der Waals surface area contributed by atoms with Crippen LogP contribution in [0.5, 0.6) is 0 Å². The van der Waals surface area contributed by atoms with Crippen molar-refractivity contribution in [1.82, 2.24) is 4.57 Å². The van der Waals surface area contributed by atoms with E-state index in [0.29, 0.717) is 0 Å². The van der Waals surface area contributed by atoms with Crippen LogP contribution in [-0.4, -0.2) is 27.5 Å². The monoisotopic (exact) mass is 155 g/mol. The zero-order chi connectivity index (χ0) is 8.27. The van der Waals surface area contributed by atoms with Gasteiger partial charge in [0, 0.05) is 12.4 Å². The Morgan fingerprint density at radius 2 is 1.91 bits per heavy atom. The third-order valence-corrected chi connectivity index (χ3v) is 1.75. The van der Waals surface area contributed by atoms with Gasteiger partial charge in [-0.2, -0.15) is 0 Å². The molecule has 11 heavy (non-hydrogen) atoms. The highest BCUT2D eigenvalue weighted by atomic mass is 16.3. The zero-order valence-electron chi connectivity index (χ0n) is 6.51. The van der Waals surface area contributed by atoms with Crippen molar-refractivity contribution in [2.45, 2.75) is 19.1 Å². The fourth-order valence-corrected chi connectivity index (χ4v) is 1.06. The molecule has 0 fully saturated rings. The summed E-state index contributed by atoms with van der Waals surface area (Å²) in [7, 11) is 0. The van der Waals surface area contributed by atoms with E-state index in [1.165, 1.54) is 0 Å². The normalized spacial score (nSPS) is 16.3. The van der Waals surface area contributed by atoms with Crippen LogP contribution in [0, 0.1) is 0 Å². The Hall–Kier alpha value is -0.800. The highest BCUT2D eigenvalue weighted by molar-refractivity contribution is 4.94. The number of hydrogen-bond donors (Lipinski definition) is 2. The molecular weight excluding hydrogens is 142 g/mol. The Kier molecular flexibility index (Phi) is 2.68. The van der Waals surface area contributed by atoms with Crippen molar-refractivity contribution in [1.29, 1.82) is 0 Å². The Bertz CT molecular complexity index is 194. The molecule has 1 aromatic heterocycles. The van der Waals surface area contributed by atoms with E-state index in [2.05, 4.69) is 0 Å². The lowest BCUT2D eigenvalue weighted by Crippen LogP contribution is -2.23. The first-order chi connectivity index (χ1) is 5.25. The van der Waals surface area contributed by atoms with Crippen molar-refractivity contribution in [2.75, 3.05) is 6.61 Å². The van der Waals surface area contributed by atoms with E-state index in [0.717, 1.165) is 0 Å². The summed E-state index contributed by atoms with van der Waals surface area (Å²) in [5.41, 5.74) is 0. The minimum absolute atomic E-state index is 0.0354. The van der Waals surface area contributed by atoms with Gasteiger partial charge in [-0.1, -0.05) is 0 Å². The first-order valence-corrected chi connectivity index (χ1v) is 3.67. The van der Waals surface area contributed by atoms with E-state index in [1.54, 1.807) is 11.5 Å². The fraction of sp³-hybridized carbons (Fsp3) is 0.500. The molecule has 3 heteroatoms. The molecule has 1 aromatic rings. The first kappa shape index (κ1) is 8.30. The van der Waals surface area contributed by atoms with Crippen molar-refractivity contribution in [3.8, 4) is 0 Å². The summed E-state index contributed by atoms with van der Waals surface area (Å²) in [4.78, 5) is 0. The number of rotatable bonds is 3. The van der Waals surface area contributed by atoms with Crippen molar-refractivity contribution < 1.29 is 10.2 Å². The second-order valence-corrected chi connectivity index (χ2v) is 2.62. The Morgan fingerprint density at radius 3 is 2.27 bits per heavy atom. The largest absolute Gasteiger partial charge is 0.394 e. The molecule has 2 N–H and O–H groups in total. The van der Waals surface area contributed by atoms with E-state index in [4.69, 9.17) is 5.11 Å². The second-order valence-electron chi connectivity index (χ2n) is 2.62. The zero-order valence-corrected chi connectivity index (χ0v) is 6.51. The third-order valence-electron chi connectivity index (χ3n) is 1.75. The molecule has 0 radical (unpaired) electrons. The minimum Gasteiger partial charge on any atom is -0.394 e. The Morgan fingerprint density at radius 1 is 1.36 bits per heavy atom. The van der Waals surface area contributed by atoms with E-state index in [1.807, 2.05) is 24.5 Å². The summed E-state index contributed by atoms with van der Waals surface area (Å²) in [6, 6.07) is 3.51. The molecule has 0 aromatic carbocycles. The lowest BCUT2D eigenvalue weighted by Gasteiger charge is -2.18. The van der Waals surface area contributed by atoms with Crippen LogP contribution in [0.1, 0.15) is 13.0 Å². The van der Waals surface area contributed by atoms with Gasteiger partial charge in [0.25, 0.3) is 0 Å². The van der Waals surface area contributed by atoms with E-state index >= 15 is 0 Å². The van der Waals surface area contributed by atoms with Gasteiger partial charge in [0.2, 0.25) is 0 Å². The molecule has 0 aliphatic carbocycles. The highest BCUT2D eigenvalue weighted by Crippen LogP contribution is 2.10. The van der Waals surface area contributed by atoms with Gasteiger partial charge in [-0.05, 0) is 19.1 Å². The summed E-state index contributed by atoms with van der Waals surface area (Å²) in [6.45, 7) is 1.63. The second kappa shape index (κ2) is 3.55. The summed E-state index contributed by atoms with van der Waals surface area (Å²) in [5, 5.41) is 18.1. The number of hydrogen-bond acceptors (Lipinski definition) is 2. The molecular formula is C8H13NO2. The maximum atomic E-state index is 9.20. The van der Waals surface area contributed by atoms with E-state index in [9.17, 15) is 5.11 Å². The molecule has 0 saturated carbocycles. The smallest absolute Gasteiger partial charge is 0.0817 e. The summed E-state index contributed by atoms with van der Waals surface area (Å²) in [5.74, 6) is 0. The number of aromatic nitrogens is 1. The predicted molar refractivity (Wildman–Crippen MR) is 42.2 cm³/mol. The molecule has 2 atom stereocenters. The molecule has 0 spiro atoms. The number of aliphatic hydroxyl groups excluding tert-OH is 2. The first-order valence-electron chi connectivity index (χ1n) is 3.67. The average Bonchev–Trinajstić information content (AvgIpc) is 2.40. The van der Waals surface area contributed by atoms with Crippen molar-refractivity contribution >= 4 is 0 Å². The topological polar surface area (TPSA) is 45.4 Å². The van der Waals surface area contributed by atoms with Crippen LogP contribution in [0.4, 0.5) is 0 Å². The van der Waals surface area contributed by atoms with E-state index < -0.39 is 6.10 Å². The van der Waals surface area contributed by atoms with Gasteiger partial charge in [-0.25, -0.2) is 0 Å². The van der Waals surface area contributed by atoms with Crippen LogP contribution >= 0.6 is 0 Å². The average molecular weight is 155 g/mol. The summed E-state index contributed by atoms with van der Waals surface area (Å²) >= 11 is 0. The van der Waals surface area contributed by atoms with Gasteiger partial charge in [0.05, 0.1) is 18.8 Å². The van der Waals surface area contributed by atoms with Crippen LogP contribution in [-0.2, 0) is 0 Å². The number of nitrogens with zero attached hydrogens (tertiary/aromatic N) is 1. The number of aliphatic hydroxyl groups is 2. The molecule has 0 bridgehead atoms. The molecule has 0 unspecified atom stereocenters. The molecule has 0 aliphatic heterocycles. The lowest BCUT2D eigenvalue weighted by molar-refractivity contribution is 0.0869. The summed E-state index contributed by atoms with van der Waals surface area (Å²) in [6.07, 6.45) is 3.13. The standard InChI is InChI=1S/C8H13NO2/c1-7(11)8(6-10)9-4-2-3-5-9/h2-5,7-8,10-11H,6H2,1H3/t7-,8-/m1/s1. The van der Waals surface area contributed by atoms with Gasteiger partial charge in [-0.3, -0.25) is 0 Å². The van der Waals surface area contributed by atoms with Gasteiger partial charge >= 0.3 is 0 Å². The van der Waals surface area contributed by atoms with Gasteiger partial charge in [-0.15, -0.1) is 0 Å². The minimum atomic E-state index is -0.521. The van der Waals surface area contributed by atoms with Crippen molar-refractivity contribution in [3.63, 3.8) is 0 Å². The molecule has 1 heterocycles. The predicted octanol–water partition coefficient (Wildman–Crippen LogP) is 0.402. The van der Waals surface area contributed by atoms with Crippen molar-refractivity contribution in [2.24, 2.45) is 0 Å². The maximum absolute atomic E-state index is 9.20. The Labute approximate surface area is 65.9 Å². The van der Waals surface area contributed by atoms with Crippen LogP contribution in [0.15, 0.2) is 24.5 Å². The van der Waals surface area contributed by atoms with Crippen LogP contribution in [0.25, 0.3) is 0 Å². The van der Waals surface area contributed by atoms with Crippen molar-refractivity contribution in [3.05, 3.63) is 24.5 Å². The maximum Gasteiger partial charge on any atom is 0.0817 e. The third kappa shape index (κ3) is 1.82. The lowest BCUT2D eigenvalue weighted by atomic mass is 10.2. The summed E-state index contributed by atoms with van der Waals surface area (Å²) < 4.78 is 1.80. The molecule has 0 saturated heterocycles. The highest BCUT2D eigenvalue weighted by Gasteiger charge is 2.13. The van der Waals surface area contributed by atoms with E-state index in [-0.39, 0.29) is 12.6 Å². The van der Waals surface area contributed by atoms with Crippen LogP contribution < -0.4 is 0 Å². The Balaban J connectivity index is 2.71. The van der Waals surface area contributed by atoms with Gasteiger partial charge in [0.15, 0.2) is 0 Å². The van der Waals surface area contributed by atoms with Crippen LogP contribution in [0.3, 0.4) is 0 Å². The quantitative estimate of drug-likeness (QED) is 0.663. The molecule has 62 valence electrons. The molecule has 1 rings (SSSR count). The van der Waals surface area contributed by atoms with Crippen LogP contribution in [0.2, 0.25) is 0 Å².